The first-order valence-corrected chi connectivity index (χ1v) is 9.37. The van der Waals surface area contributed by atoms with Crippen LogP contribution in [0.15, 0.2) is 54.7 Å². The highest BCUT2D eigenvalue weighted by Crippen LogP contribution is 2.28. The lowest BCUT2D eigenvalue weighted by Crippen LogP contribution is -2.16. The highest BCUT2D eigenvalue weighted by atomic mass is 16.5. The molecular formula is C22H24N4O3. The first-order chi connectivity index (χ1) is 14.0. The van der Waals surface area contributed by atoms with E-state index >= 15 is 0 Å². The maximum Gasteiger partial charge on any atom is 0.259 e. The Bertz CT molecular complexity index is 1010. The van der Waals surface area contributed by atoms with Gasteiger partial charge in [-0.1, -0.05) is 37.3 Å². The highest BCUT2D eigenvalue weighted by molar-refractivity contribution is 6.06. The van der Waals surface area contributed by atoms with Gasteiger partial charge < -0.3 is 15.4 Å². The van der Waals surface area contributed by atoms with Crippen LogP contribution >= 0.6 is 0 Å². The largest absolute Gasteiger partial charge is 0.495 e. The smallest absolute Gasteiger partial charge is 0.259 e. The molecule has 0 spiro atoms. The van der Waals surface area contributed by atoms with Gasteiger partial charge >= 0.3 is 0 Å². The van der Waals surface area contributed by atoms with Gasteiger partial charge in [0.1, 0.15) is 5.75 Å². The molecule has 150 valence electrons. The van der Waals surface area contributed by atoms with E-state index in [9.17, 15) is 9.59 Å². The number of carbonyl (C=O) groups excluding carboxylic acids is 2. The Balaban J connectivity index is 1.85. The first kappa shape index (κ1) is 20.1. The molecule has 0 unspecified atom stereocenters. The molecule has 0 saturated carbocycles. The van der Waals surface area contributed by atoms with Gasteiger partial charge in [-0.25, -0.2) is 0 Å². The molecule has 2 amide bonds. The minimum absolute atomic E-state index is 0.192. The number of benzene rings is 2. The highest BCUT2D eigenvalue weighted by Gasteiger charge is 2.18. The van der Waals surface area contributed by atoms with E-state index < -0.39 is 0 Å². The summed E-state index contributed by atoms with van der Waals surface area (Å²) < 4.78 is 7.18. The van der Waals surface area contributed by atoms with Crippen molar-refractivity contribution in [2.75, 3.05) is 17.7 Å². The van der Waals surface area contributed by atoms with Crippen LogP contribution in [0, 0.1) is 0 Å². The summed E-state index contributed by atoms with van der Waals surface area (Å²) in [7, 11) is 1.53. The van der Waals surface area contributed by atoms with Crippen molar-refractivity contribution in [2.45, 2.75) is 26.8 Å². The van der Waals surface area contributed by atoms with Crippen LogP contribution in [0.2, 0.25) is 0 Å². The van der Waals surface area contributed by atoms with Gasteiger partial charge in [0.2, 0.25) is 5.91 Å². The van der Waals surface area contributed by atoms with E-state index in [0.29, 0.717) is 35.7 Å². The molecule has 0 bridgehead atoms. The molecule has 2 aromatic carbocycles. The minimum Gasteiger partial charge on any atom is -0.495 e. The number of hydrogen-bond acceptors (Lipinski definition) is 4. The van der Waals surface area contributed by atoms with Gasteiger partial charge in [-0.05, 0) is 30.2 Å². The van der Waals surface area contributed by atoms with Crippen LogP contribution in [0.4, 0.5) is 11.4 Å². The Morgan fingerprint density at radius 1 is 1.10 bits per heavy atom. The lowest BCUT2D eigenvalue weighted by Gasteiger charge is -2.13. The van der Waals surface area contributed by atoms with Crippen molar-refractivity contribution in [3.8, 4) is 5.75 Å². The predicted octanol–water partition coefficient (Wildman–Crippen LogP) is 3.71. The number of rotatable bonds is 7. The SMILES string of the molecule is CCc1c(C(=O)Nc2cc(NC(C)=O)ccc2OC)cnn1Cc1ccccc1. The normalized spacial score (nSPS) is 10.4. The summed E-state index contributed by atoms with van der Waals surface area (Å²) in [5, 5.41) is 9.99. The summed E-state index contributed by atoms with van der Waals surface area (Å²) in [6.45, 7) is 4.02. The van der Waals surface area contributed by atoms with Gasteiger partial charge in [-0.15, -0.1) is 0 Å². The number of ether oxygens (including phenoxy) is 1. The van der Waals surface area contributed by atoms with Crippen LogP contribution in [-0.2, 0) is 17.8 Å². The lowest BCUT2D eigenvalue weighted by molar-refractivity contribution is -0.114. The van der Waals surface area contributed by atoms with Crippen LogP contribution in [0.3, 0.4) is 0 Å². The Labute approximate surface area is 169 Å². The standard InChI is InChI=1S/C22H24N4O3/c1-4-20-18(13-23-26(20)14-16-8-6-5-7-9-16)22(28)25-19-12-17(24-15(2)27)10-11-21(19)29-3/h5-13H,4,14H2,1-3H3,(H,24,27)(H,25,28). The monoisotopic (exact) mass is 392 g/mol. The molecule has 29 heavy (non-hydrogen) atoms. The van der Waals surface area contributed by atoms with E-state index in [1.165, 1.54) is 14.0 Å². The van der Waals surface area contributed by atoms with Crippen LogP contribution < -0.4 is 15.4 Å². The summed E-state index contributed by atoms with van der Waals surface area (Å²) in [6, 6.07) is 15.1. The number of amides is 2. The second-order valence-corrected chi connectivity index (χ2v) is 6.55. The van der Waals surface area contributed by atoms with E-state index in [-0.39, 0.29) is 11.8 Å². The van der Waals surface area contributed by atoms with Gasteiger partial charge in [-0.3, -0.25) is 14.3 Å². The van der Waals surface area contributed by atoms with Crippen molar-refractivity contribution in [3.05, 3.63) is 71.5 Å². The third-order valence-electron chi connectivity index (χ3n) is 4.47. The Hall–Kier alpha value is -3.61. The topological polar surface area (TPSA) is 85.2 Å². The number of methoxy groups -OCH3 is 1. The average molecular weight is 392 g/mol. The van der Waals surface area contributed by atoms with Gasteiger partial charge in [0.15, 0.2) is 0 Å². The molecule has 2 N–H and O–H groups in total. The molecule has 7 nitrogen and oxygen atoms in total. The lowest BCUT2D eigenvalue weighted by atomic mass is 10.1. The molecule has 3 aromatic rings. The average Bonchev–Trinajstić information content (AvgIpc) is 3.11. The molecule has 0 aliphatic heterocycles. The summed E-state index contributed by atoms with van der Waals surface area (Å²) in [6.07, 6.45) is 2.25. The molecule has 1 heterocycles. The number of anilines is 2. The summed E-state index contributed by atoms with van der Waals surface area (Å²) in [4.78, 5) is 24.3. The van der Waals surface area contributed by atoms with Crippen molar-refractivity contribution in [2.24, 2.45) is 0 Å². The summed E-state index contributed by atoms with van der Waals surface area (Å²) in [5.74, 6) is 0.0320. The molecule has 0 aliphatic rings. The zero-order chi connectivity index (χ0) is 20.8. The molecule has 3 rings (SSSR count). The van der Waals surface area contributed by atoms with E-state index in [2.05, 4.69) is 15.7 Å². The van der Waals surface area contributed by atoms with Gasteiger partial charge in [0.25, 0.3) is 5.91 Å². The number of nitrogens with one attached hydrogen (secondary N) is 2. The molecule has 0 saturated heterocycles. The molecule has 1 aromatic heterocycles. The second kappa shape index (κ2) is 9.05. The Morgan fingerprint density at radius 3 is 2.52 bits per heavy atom. The van der Waals surface area contributed by atoms with Crippen molar-refractivity contribution in [1.29, 1.82) is 0 Å². The summed E-state index contributed by atoms with van der Waals surface area (Å²) >= 11 is 0. The van der Waals surface area contributed by atoms with Crippen LogP contribution in [-0.4, -0.2) is 28.7 Å². The van der Waals surface area contributed by atoms with Crippen LogP contribution in [0.1, 0.15) is 35.5 Å². The predicted molar refractivity (Wildman–Crippen MR) is 112 cm³/mol. The van der Waals surface area contributed by atoms with Crippen molar-refractivity contribution >= 4 is 23.2 Å². The second-order valence-electron chi connectivity index (χ2n) is 6.55. The van der Waals surface area contributed by atoms with Crippen LogP contribution in [0.5, 0.6) is 5.75 Å². The summed E-state index contributed by atoms with van der Waals surface area (Å²) in [5.41, 5.74) is 3.52. The van der Waals surface area contributed by atoms with Gasteiger partial charge in [-0.2, -0.15) is 5.10 Å². The number of nitrogens with zero attached hydrogens (tertiary/aromatic N) is 2. The maximum atomic E-state index is 13.0. The fraction of sp³-hybridized carbons (Fsp3) is 0.227. The number of aromatic nitrogens is 2. The van der Waals surface area contributed by atoms with E-state index in [1.807, 2.05) is 41.9 Å². The quantitative estimate of drug-likeness (QED) is 0.642. The van der Waals surface area contributed by atoms with Crippen molar-refractivity contribution in [1.82, 2.24) is 9.78 Å². The third kappa shape index (κ3) is 4.82. The fourth-order valence-corrected chi connectivity index (χ4v) is 3.14. The maximum absolute atomic E-state index is 13.0. The van der Waals surface area contributed by atoms with Gasteiger partial charge in [0, 0.05) is 12.6 Å². The van der Waals surface area contributed by atoms with Crippen LogP contribution in [0.25, 0.3) is 0 Å². The number of hydrogen-bond donors (Lipinski definition) is 2. The number of carbonyl (C=O) groups is 2. The molecule has 0 radical (unpaired) electrons. The van der Waals surface area contributed by atoms with Gasteiger partial charge in [0.05, 0.1) is 36.8 Å². The zero-order valence-electron chi connectivity index (χ0n) is 16.7. The molecule has 0 aliphatic carbocycles. The molecular weight excluding hydrogens is 368 g/mol. The Morgan fingerprint density at radius 2 is 1.86 bits per heavy atom. The van der Waals surface area contributed by atoms with Crippen molar-refractivity contribution in [3.63, 3.8) is 0 Å². The molecule has 0 fully saturated rings. The third-order valence-corrected chi connectivity index (χ3v) is 4.47. The van der Waals surface area contributed by atoms with E-state index in [4.69, 9.17) is 4.74 Å². The Kier molecular flexibility index (Phi) is 6.29. The van der Waals surface area contributed by atoms with E-state index in [0.717, 1.165) is 11.3 Å². The van der Waals surface area contributed by atoms with Crippen molar-refractivity contribution < 1.29 is 14.3 Å². The molecule has 0 atom stereocenters. The van der Waals surface area contributed by atoms with E-state index in [1.54, 1.807) is 24.4 Å². The zero-order valence-corrected chi connectivity index (χ0v) is 16.7. The fourth-order valence-electron chi connectivity index (χ4n) is 3.14. The minimum atomic E-state index is -0.278. The molecule has 7 heteroatoms. The first-order valence-electron chi connectivity index (χ1n) is 9.37.